The molecular formula is C11H19ClN2S. The first-order valence-electron chi connectivity index (χ1n) is 5.32. The minimum atomic E-state index is 0. The molecule has 1 aromatic heterocycles. The van der Waals surface area contributed by atoms with Crippen molar-refractivity contribution in [2.24, 2.45) is 11.7 Å². The predicted octanol–water partition coefficient (Wildman–Crippen LogP) is 2.34. The van der Waals surface area contributed by atoms with E-state index in [1.54, 1.807) is 11.3 Å². The molecule has 0 atom stereocenters. The Kier molecular flexibility index (Phi) is 5.61. The normalized spacial score (nSPS) is 18.7. The van der Waals surface area contributed by atoms with Gasteiger partial charge in [0.15, 0.2) is 0 Å². The van der Waals surface area contributed by atoms with Crippen LogP contribution in [0.2, 0.25) is 0 Å². The van der Waals surface area contributed by atoms with Crippen LogP contribution in [0.4, 0.5) is 0 Å². The monoisotopic (exact) mass is 246 g/mol. The van der Waals surface area contributed by atoms with Gasteiger partial charge in [0.05, 0.1) is 0 Å². The number of nitrogens with zero attached hydrogens (tertiary/aromatic N) is 1. The van der Waals surface area contributed by atoms with E-state index in [9.17, 15) is 0 Å². The summed E-state index contributed by atoms with van der Waals surface area (Å²) in [5.74, 6) is 0.772. The lowest BCUT2D eigenvalue weighted by atomic mass is 9.97. The number of rotatable bonds is 3. The fourth-order valence-corrected chi connectivity index (χ4v) is 2.68. The van der Waals surface area contributed by atoms with E-state index in [2.05, 4.69) is 21.7 Å². The maximum absolute atomic E-state index is 5.67. The summed E-state index contributed by atoms with van der Waals surface area (Å²) >= 11 is 1.79. The number of hydrogen-bond donors (Lipinski definition) is 1. The van der Waals surface area contributed by atoms with Crippen LogP contribution < -0.4 is 5.73 Å². The van der Waals surface area contributed by atoms with Crippen molar-refractivity contribution in [3.05, 3.63) is 22.4 Å². The number of likely N-dealkylation sites (tertiary alicyclic amines) is 1. The Hall–Kier alpha value is -0.0900. The van der Waals surface area contributed by atoms with E-state index in [0.717, 1.165) is 19.0 Å². The van der Waals surface area contributed by atoms with Crippen molar-refractivity contribution in [2.45, 2.75) is 19.4 Å². The number of nitrogens with two attached hydrogens (primary N) is 1. The van der Waals surface area contributed by atoms with Crippen LogP contribution in [0.3, 0.4) is 0 Å². The van der Waals surface area contributed by atoms with Gasteiger partial charge < -0.3 is 5.73 Å². The van der Waals surface area contributed by atoms with Crippen molar-refractivity contribution in [3.8, 4) is 0 Å². The van der Waals surface area contributed by atoms with E-state index >= 15 is 0 Å². The smallest absolute Gasteiger partial charge is 0.0241 e. The molecule has 4 heteroatoms. The molecular weight excluding hydrogens is 228 g/mol. The summed E-state index contributed by atoms with van der Waals surface area (Å²) in [7, 11) is 0. The second-order valence-corrected chi connectivity index (χ2v) is 4.87. The second-order valence-electron chi connectivity index (χ2n) is 4.09. The second kappa shape index (κ2) is 6.48. The van der Waals surface area contributed by atoms with Crippen molar-refractivity contribution in [2.75, 3.05) is 19.6 Å². The van der Waals surface area contributed by atoms with Crippen molar-refractivity contribution in [3.63, 3.8) is 0 Å². The topological polar surface area (TPSA) is 29.3 Å². The van der Waals surface area contributed by atoms with Crippen LogP contribution in [0.1, 0.15) is 18.4 Å². The molecule has 0 aromatic carbocycles. The molecule has 0 bridgehead atoms. The minimum absolute atomic E-state index is 0. The summed E-state index contributed by atoms with van der Waals surface area (Å²) in [5, 5.41) is 4.40. The summed E-state index contributed by atoms with van der Waals surface area (Å²) in [5.41, 5.74) is 7.13. The zero-order valence-corrected chi connectivity index (χ0v) is 10.5. The van der Waals surface area contributed by atoms with E-state index in [1.807, 2.05) is 0 Å². The van der Waals surface area contributed by atoms with Gasteiger partial charge in [-0.25, -0.2) is 0 Å². The van der Waals surface area contributed by atoms with Gasteiger partial charge in [0.25, 0.3) is 0 Å². The van der Waals surface area contributed by atoms with Crippen LogP contribution in [-0.2, 0) is 6.54 Å². The first kappa shape index (κ1) is 13.0. The van der Waals surface area contributed by atoms with E-state index < -0.39 is 0 Å². The molecule has 1 fully saturated rings. The van der Waals surface area contributed by atoms with Crippen LogP contribution in [0.25, 0.3) is 0 Å². The molecule has 1 saturated heterocycles. The third-order valence-corrected chi connectivity index (χ3v) is 3.76. The highest BCUT2D eigenvalue weighted by Crippen LogP contribution is 2.18. The molecule has 1 aliphatic rings. The maximum atomic E-state index is 5.67. The lowest BCUT2D eigenvalue weighted by Gasteiger charge is -2.30. The molecule has 0 saturated carbocycles. The Bertz CT molecular complexity index is 256. The highest BCUT2D eigenvalue weighted by Gasteiger charge is 2.17. The standard InChI is InChI=1S/C11H18N2S.ClH/c12-7-10-1-4-13(5-2-10)8-11-3-6-14-9-11;/h3,6,9-10H,1-2,4-5,7-8,12H2;1H. The van der Waals surface area contributed by atoms with Crippen LogP contribution in [0, 0.1) is 5.92 Å². The molecule has 0 amide bonds. The van der Waals surface area contributed by atoms with Crippen molar-refractivity contribution in [1.29, 1.82) is 0 Å². The molecule has 2 nitrogen and oxygen atoms in total. The summed E-state index contributed by atoms with van der Waals surface area (Å²) in [4.78, 5) is 2.54. The number of thiophene rings is 1. The first-order valence-corrected chi connectivity index (χ1v) is 6.26. The Morgan fingerprint density at radius 1 is 1.40 bits per heavy atom. The molecule has 1 aromatic rings. The Balaban J connectivity index is 0.00000112. The van der Waals surface area contributed by atoms with Crippen LogP contribution >= 0.6 is 23.7 Å². The van der Waals surface area contributed by atoms with Crippen molar-refractivity contribution < 1.29 is 0 Å². The zero-order valence-electron chi connectivity index (χ0n) is 8.89. The van der Waals surface area contributed by atoms with Crippen LogP contribution in [0.15, 0.2) is 16.8 Å². The maximum Gasteiger partial charge on any atom is 0.0241 e. The summed E-state index contributed by atoms with van der Waals surface area (Å²) < 4.78 is 0. The largest absolute Gasteiger partial charge is 0.330 e. The first-order chi connectivity index (χ1) is 6.88. The Morgan fingerprint density at radius 2 is 2.13 bits per heavy atom. The third-order valence-electron chi connectivity index (χ3n) is 3.03. The molecule has 0 radical (unpaired) electrons. The van der Waals surface area contributed by atoms with Crippen molar-refractivity contribution in [1.82, 2.24) is 4.90 Å². The lowest BCUT2D eigenvalue weighted by molar-refractivity contribution is 0.180. The van der Waals surface area contributed by atoms with E-state index in [1.165, 1.54) is 31.5 Å². The Morgan fingerprint density at radius 3 is 2.67 bits per heavy atom. The van der Waals surface area contributed by atoms with Crippen LogP contribution in [0.5, 0.6) is 0 Å². The highest BCUT2D eigenvalue weighted by molar-refractivity contribution is 7.07. The number of piperidine rings is 1. The van der Waals surface area contributed by atoms with Gasteiger partial charge in [-0.3, -0.25) is 4.90 Å². The van der Waals surface area contributed by atoms with Gasteiger partial charge in [-0.1, -0.05) is 0 Å². The molecule has 0 spiro atoms. The Labute approximate surface area is 102 Å². The predicted molar refractivity (Wildman–Crippen MR) is 68.6 cm³/mol. The van der Waals surface area contributed by atoms with Gasteiger partial charge in [0, 0.05) is 6.54 Å². The van der Waals surface area contributed by atoms with Gasteiger partial charge >= 0.3 is 0 Å². The number of halogens is 1. The number of hydrogen-bond acceptors (Lipinski definition) is 3. The molecule has 1 aliphatic heterocycles. The van der Waals surface area contributed by atoms with E-state index in [-0.39, 0.29) is 12.4 Å². The fraction of sp³-hybridized carbons (Fsp3) is 0.636. The summed E-state index contributed by atoms with van der Waals surface area (Å²) in [6.07, 6.45) is 2.56. The lowest BCUT2D eigenvalue weighted by Crippen LogP contribution is -2.35. The zero-order chi connectivity index (χ0) is 9.80. The molecule has 86 valence electrons. The van der Waals surface area contributed by atoms with Gasteiger partial charge in [-0.15, -0.1) is 12.4 Å². The SMILES string of the molecule is Cl.NCC1CCN(Cc2ccsc2)CC1. The average molecular weight is 247 g/mol. The van der Waals surface area contributed by atoms with Gasteiger partial charge in [-0.05, 0) is 60.8 Å². The van der Waals surface area contributed by atoms with Crippen LogP contribution in [-0.4, -0.2) is 24.5 Å². The molecule has 2 N–H and O–H groups in total. The molecule has 2 rings (SSSR count). The fourth-order valence-electron chi connectivity index (χ4n) is 2.02. The van der Waals surface area contributed by atoms with E-state index in [0.29, 0.717) is 0 Å². The summed E-state index contributed by atoms with van der Waals surface area (Å²) in [6, 6.07) is 2.22. The van der Waals surface area contributed by atoms with Gasteiger partial charge in [0.1, 0.15) is 0 Å². The molecule has 15 heavy (non-hydrogen) atoms. The molecule has 0 aliphatic carbocycles. The highest BCUT2D eigenvalue weighted by atomic mass is 35.5. The van der Waals surface area contributed by atoms with Crippen molar-refractivity contribution >= 4 is 23.7 Å². The molecule has 0 unspecified atom stereocenters. The molecule has 2 heterocycles. The van der Waals surface area contributed by atoms with Gasteiger partial charge in [0.2, 0.25) is 0 Å². The third kappa shape index (κ3) is 3.76. The summed E-state index contributed by atoms with van der Waals surface area (Å²) in [6.45, 7) is 4.43. The van der Waals surface area contributed by atoms with Gasteiger partial charge in [-0.2, -0.15) is 11.3 Å². The quantitative estimate of drug-likeness (QED) is 0.887. The average Bonchev–Trinajstić information content (AvgIpc) is 2.72. The minimum Gasteiger partial charge on any atom is -0.330 e. The van der Waals surface area contributed by atoms with E-state index in [4.69, 9.17) is 5.73 Å².